The van der Waals surface area contributed by atoms with Gasteiger partial charge in [-0.2, -0.15) is 0 Å². The van der Waals surface area contributed by atoms with Gasteiger partial charge in [0.05, 0.1) is 29.3 Å². The van der Waals surface area contributed by atoms with Gasteiger partial charge in [-0.05, 0) is 12.1 Å². The summed E-state index contributed by atoms with van der Waals surface area (Å²) in [7, 11) is 0. The topological polar surface area (TPSA) is 30.4 Å². The summed E-state index contributed by atoms with van der Waals surface area (Å²) in [6.45, 7) is 1.62. The van der Waals surface area contributed by atoms with Crippen molar-refractivity contribution in [1.29, 1.82) is 0 Å². The van der Waals surface area contributed by atoms with Crippen molar-refractivity contribution >= 4 is 23.2 Å². The van der Waals surface area contributed by atoms with Gasteiger partial charge in [0.2, 0.25) is 0 Å². The molecule has 1 aromatic heterocycles. The first-order valence-corrected chi connectivity index (χ1v) is 6.08. The second kappa shape index (κ2) is 4.33. The lowest BCUT2D eigenvalue weighted by molar-refractivity contribution is 0.383. The van der Waals surface area contributed by atoms with E-state index in [-0.39, 0.29) is 0 Å². The zero-order chi connectivity index (χ0) is 11.8. The van der Waals surface area contributed by atoms with Gasteiger partial charge in [0.25, 0.3) is 0 Å². The molecular weight excluding hydrogens is 259 g/mol. The van der Waals surface area contributed by atoms with Crippen molar-refractivity contribution in [3.63, 3.8) is 0 Å². The first-order chi connectivity index (χ1) is 8.25. The number of aromatic nitrogens is 2. The third-order valence-corrected chi connectivity index (χ3v) is 3.53. The molecule has 0 amide bonds. The second-order valence-electron chi connectivity index (χ2n) is 3.96. The predicted molar refractivity (Wildman–Crippen MR) is 67.4 cm³/mol. The van der Waals surface area contributed by atoms with E-state index < -0.39 is 0 Å². The predicted octanol–water partition coefficient (Wildman–Crippen LogP) is 3.26. The molecule has 0 radical (unpaired) electrons. The van der Waals surface area contributed by atoms with Crippen molar-refractivity contribution in [2.24, 2.45) is 0 Å². The summed E-state index contributed by atoms with van der Waals surface area (Å²) < 4.78 is 7.26. The van der Waals surface area contributed by atoms with E-state index in [2.05, 4.69) is 4.98 Å². The Morgan fingerprint density at radius 3 is 3.00 bits per heavy atom. The molecule has 2 aromatic rings. The minimum absolute atomic E-state index is 0.306. The summed E-state index contributed by atoms with van der Waals surface area (Å²) in [5.41, 5.74) is 0.852. The molecule has 0 N–H and O–H groups in total. The number of halogens is 2. The van der Waals surface area contributed by atoms with Crippen molar-refractivity contribution < 1.29 is 4.74 Å². The average Bonchev–Trinajstić information content (AvgIpc) is 3.01. The van der Waals surface area contributed by atoms with Crippen LogP contribution < -0.4 is 0 Å². The summed E-state index contributed by atoms with van der Waals surface area (Å²) in [5, 5.41) is 1.08. The van der Waals surface area contributed by atoms with Crippen LogP contribution in [0.1, 0.15) is 0 Å². The third kappa shape index (κ3) is 2.18. The maximum atomic E-state index is 6.19. The van der Waals surface area contributed by atoms with Gasteiger partial charge in [-0.25, -0.2) is 4.98 Å². The van der Waals surface area contributed by atoms with Crippen molar-refractivity contribution in [3.05, 3.63) is 40.6 Å². The number of hydrogen-bond donors (Lipinski definition) is 0. The summed E-state index contributed by atoms with van der Waals surface area (Å²) in [5.74, 6) is 0.827. The van der Waals surface area contributed by atoms with E-state index in [1.165, 1.54) is 0 Å². The lowest BCUT2D eigenvalue weighted by Crippen LogP contribution is -2.05. The van der Waals surface area contributed by atoms with Crippen LogP contribution in [0.25, 0.3) is 11.4 Å². The van der Waals surface area contributed by atoms with Gasteiger partial charge >= 0.3 is 0 Å². The smallest absolute Gasteiger partial charge is 0.141 e. The van der Waals surface area contributed by atoms with Gasteiger partial charge in [0.1, 0.15) is 5.82 Å². The largest absolute Gasteiger partial charge is 0.371 e. The molecule has 3 rings (SSSR count). The van der Waals surface area contributed by atoms with E-state index in [1.807, 2.05) is 22.9 Å². The fourth-order valence-corrected chi connectivity index (χ4v) is 2.16. The highest BCUT2D eigenvalue weighted by molar-refractivity contribution is 6.43. The summed E-state index contributed by atoms with van der Waals surface area (Å²) >= 11 is 12.2. The highest BCUT2D eigenvalue weighted by Gasteiger charge is 2.24. The lowest BCUT2D eigenvalue weighted by Gasteiger charge is -2.08. The standard InChI is InChI=1S/C12H10Cl2N2O/c13-10-3-1-2-9(11(10)14)12-15-4-5-16(12)6-8-7-17-8/h1-5,8H,6-7H2/t8-/m0/s1. The van der Waals surface area contributed by atoms with Crippen molar-refractivity contribution in [2.45, 2.75) is 12.6 Å². The minimum atomic E-state index is 0.306. The van der Waals surface area contributed by atoms with E-state index in [0.717, 1.165) is 24.5 Å². The van der Waals surface area contributed by atoms with Crippen LogP contribution in [0.5, 0.6) is 0 Å². The van der Waals surface area contributed by atoms with Crippen LogP contribution in [0.2, 0.25) is 10.0 Å². The quantitative estimate of drug-likeness (QED) is 0.800. The van der Waals surface area contributed by atoms with Gasteiger partial charge in [-0.15, -0.1) is 0 Å². The molecule has 88 valence electrons. The molecule has 1 atom stereocenters. The molecule has 5 heteroatoms. The fraction of sp³-hybridized carbons (Fsp3) is 0.250. The monoisotopic (exact) mass is 268 g/mol. The van der Waals surface area contributed by atoms with Gasteiger partial charge < -0.3 is 9.30 Å². The number of hydrogen-bond acceptors (Lipinski definition) is 2. The maximum Gasteiger partial charge on any atom is 0.141 e. The number of rotatable bonds is 3. The minimum Gasteiger partial charge on any atom is -0.371 e. The van der Waals surface area contributed by atoms with E-state index in [9.17, 15) is 0 Å². The van der Waals surface area contributed by atoms with E-state index in [0.29, 0.717) is 16.1 Å². The Hall–Kier alpha value is -1.03. The van der Waals surface area contributed by atoms with Crippen molar-refractivity contribution in [1.82, 2.24) is 9.55 Å². The summed E-state index contributed by atoms with van der Waals surface area (Å²) in [6.07, 6.45) is 3.99. The number of ether oxygens (including phenoxy) is 1. The fourth-order valence-electron chi connectivity index (χ4n) is 1.77. The maximum absolute atomic E-state index is 6.19. The van der Waals surface area contributed by atoms with E-state index >= 15 is 0 Å². The number of benzene rings is 1. The van der Waals surface area contributed by atoms with Crippen LogP contribution in [0.15, 0.2) is 30.6 Å². The Balaban J connectivity index is 2.02. The molecule has 0 aliphatic carbocycles. The first kappa shape index (κ1) is 11.1. The highest BCUT2D eigenvalue weighted by atomic mass is 35.5. The molecule has 0 spiro atoms. The molecule has 3 nitrogen and oxygen atoms in total. The molecule has 1 saturated heterocycles. The molecule has 1 aromatic carbocycles. The summed E-state index contributed by atoms with van der Waals surface area (Å²) in [4.78, 5) is 4.33. The SMILES string of the molecule is Clc1cccc(-c2nccn2C[C@H]2CO2)c1Cl. The Morgan fingerprint density at radius 2 is 2.24 bits per heavy atom. The van der Waals surface area contributed by atoms with Crippen LogP contribution in [-0.4, -0.2) is 22.3 Å². The summed E-state index contributed by atoms with van der Waals surface area (Å²) in [6, 6.07) is 5.56. The highest BCUT2D eigenvalue weighted by Crippen LogP contribution is 2.32. The van der Waals surface area contributed by atoms with Gasteiger partial charge in [0.15, 0.2) is 0 Å². The van der Waals surface area contributed by atoms with Crippen LogP contribution in [0.4, 0.5) is 0 Å². The molecule has 1 fully saturated rings. The molecule has 1 aliphatic heterocycles. The van der Waals surface area contributed by atoms with Crippen LogP contribution in [0.3, 0.4) is 0 Å². The second-order valence-corrected chi connectivity index (χ2v) is 4.75. The van der Waals surface area contributed by atoms with E-state index in [1.54, 1.807) is 12.3 Å². The molecule has 2 heterocycles. The molecule has 0 bridgehead atoms. The molecular formula is C12H10Cl2N2O. The normalized spacial score (nSPS) is 18.4. The zero-order valence-corrected chi connectivity index (χ0v) is 10.4. The van der Waals surface area contributed by atoms with Gasteiger partial charge in [-0.3, -0.25) is 0 Å². The van der Waals surface area contributed by atoms with Crippen LogP contribution >= 0.6 is 23.2 Å². The molecule has 0 unspecified atom stereocenters. The van der Waals surface area contributed by atoms with E-state index in [4.69, 9.17) is 27.9 Å². The Labute approximate surface area is 109 Å². The lowest BCUT2D eigenvalue weighted by atomic mass is 10.2. The van der Waals surface area contributed by atoms with Crippen molar-refractivity contribution in [3.8, 4) is 11.4 Å². The molecule has 0 saturated carbocycles. The first-order valence-electron chi connectivity index (χ1n) is 5.33. The van der Waals surface area contributed by atoms with Crippen molar-refractivity contribution in [2.75, 3.05) is 6.61 Å². The Kier molecular flexibility index (Phi) is 2.82. The Bertz CT molecular complexity index is 549. The Morgan fingerprint density at radius 1 is 1.41 bits per heavy atom. The number of nitrogens with zero attached hydrogens (tertiary/aromatic N) is 2. The van der Waals surface area contributed by atoms with Crippen LogP contribution in [0, 0.1) is 0 Å². The number of imidazole rings is 1. The average molecular weight is 269 g/mol. The zero-order valence-electron chi connectivity index (χ0n) is 8.94. The van der Waals surface area contributed by atoms with Gasteiger partial charge in [-0.1, -0.05) is 29.3 Å². The molecule has 17 heavy (non-hydrogen) atoms. The third-order valence-electron chi connectivity index (χ3n) is 2.71. The van der Waals surface area contributed by atoms with Crippen LogP contribution in [-0.2, 0) is 11.3 Å². The van der Waals surface area contributed by atoms with Gasteiger partial charge in [0, 0.05) is 18.0 Å². The molecule has 1 aliphatic rings. The number of epoxide rings is 1.